The number of hydrogen-bond acceptors (Lipinski definition) is 3. The van der Waals surface area contributed by atoms with Crippen LogP contribution in [0.1, 0.15) is 25.0 Å². The van der Waals surface area contributed by atoms with Crippen LogP contribution in [0.25, 0.3) is 84.5 Å². The number of nitrogens with zero attached hydrogens (tertiary/aromatic N) is 1. The maximum atomic E-state index is 2.56. The van der Waals surface area contributed by atoms with Crippen molar-refractivity contribution in [3.8, 4) is 33.4 Å². The average molecular weight is 776 g/mol. The van der Waals surface area contributed by atoms with E-state index in [-0.39, 0.29) is 5.41 Å². The molecule has 0 aliphatic heterocycles. The highest BCUT2D eigenvalue weighted by Gasteiger charge is 2.36. The average Bonchev–Trinajstić information content (AvgIpc) is 3.93. The van der Waals surface area contributed by atoms with Gasteiger partial charge in [0.1, 0.15) is 0 Å². The Morgan fingerprint density at radius 3 is 1.78 bits per heavy atom. The number of anilines is 3. The maximum Gasteiger partial charge on any atom is 0.0625 e. The van der Waals surface area contributed by atoms with Gasteiger partial charge in [-0.1, -0.05) is 166 Å². The lowest BCUT2D eigenvalue weighted by Gasteiger charge is -2.31. The van der Waals surface area contributed by atoms with E-state index in [9.17, 15) is 0 Å². The van der Waals surface area contributed by atoms with Crippen LogP contribution in [0.15, 0.2) is 188 Å². The smallest absolute Gasteiger partial charge is 0.0625 e. The summed E-state index contributed by atoms with van der Waals surface area (Å²) in [6, 6.07) is 70.0. The molecular formula is C55H37NS2. The molecule has 0 atom stereocenters. The fraction of sp³-hybridized carbons (Fsp3) is 0.0545. The Labute approximate surface area is 345 Å². The van der Waals surface area contributed by atoms with E-state index in [1.54, 1.807) is 0 Å². The third-order valence-corrected chi connectivity index (χ3v) is 14.9. The van der Waals surface area contributed by atoms with Crippen LogP contribution < -0.4 is 4.90 Å². The summed E-state index contributed by atoms with van der Waals surface area (Å²) in [6.07, 6.45) is 0. The first-order chi connectivity index (χ1) is 28.5. The molecule has 0 radical (unpaired) electrons. The van der Waals surface area contributed by atoms with Crippen molar-refractivity contribution >= 4 is 90.9 Å². The van der Waals surface area contributed by atoms with Crippen molar-refractivity contribution in [3.63, 3.8) is 0 Å². The molecule has 2 heterocycles. The van der Waals surface area contributed by atoms with Crippen LogP contribution in [-0.4, -0.2) is 0 Å². The van der Waals surface area contributed by atoms with Crippen molar-refractivity contribution < 1.29 is 0 Å². The minimum atomic E-state index is -0.141. The quantitative estimate of drug-likeness (QED) is 0.168. The topological polar surface area (TPSA) is 3.24 Å². The lowest BCUT2D eigenvalue weighted by atomic mass is 9.82. The summed E-state index contributed by atoms with van der Waals surface area (Å²) in [5, 5.41) is 7.77. The van der Waals surface area contributed by atoms with Gasteiger partial charge in [-0.15, -0.1) is 22.7 Å². The number of thiophene rings is 2. The third kappa shape index (κ3) is 4.87. The number of fused-ring (bicyclic) bond motifs is 11. The molecule has 0 spiro atoms. The molecule has 3 heteroatoms. The molecule has 9 aromatic carbocycles. The Morgan fingerprint density at radius 1 is 0.397 bits per heavy atom. The summed E-state index contributed by atoms with van der Waals surface area (Å²) in [5.74, 6) is 0. The van der Waals surface area contributed by atoms with E-state index in [0.717, 1.165) is 11.4 Å². The van der Waals surface area contributed by atoms with Crippen LogP contribution >= 0.6 is 22.7 Å². The van der Waals surface area contributed by atoms with Gasteiger partial charge in [0.2, 0.25) is 0 Å². The van der Waals surface area contributed by atoms with Crippen LogP contribution in [0.5, 0.6) is 0 Å². The summed E-state index contributed by atoms with van der Waals surface area (Å²) in [7, 11) is 0. The summed E-state index contributed by atoms with van der Waals surface area (Å²) in [4.78, 5) is 2.56. The molecule has 0 N–H and O–H groups in total. The summed E-state index contributed by atoms with van der Waals surface area (Å²) in [5.41, 5.74) is 13.7. The molecular weight excluding hydrogens is 739 g/mol. The molecule has 0 bridgehead atoms. The van der Waals surface area contributed by atoms with E-state index in [0.29, 0.717) is 0 Å². The van der Waals surface area contributed by atoms with Gasteiger partial charge >= 0.3 is 0 Å². The molecule has 274 valence electrons. The van der Waals surface area contributed by atoms with E-state index >= 15 is 0 Å². The van der Waals surface area contributed by atoms with Gasteiger partial charge in [0.15, 0.2) is 0 Å². The van der Waals surface area contributed by atoms with Gasteiger partial charge in [0.05, 0.1) is 5.69 Å². The Kier molecular flexibility index (Phi) is 7.38. The largest absolute Gasteiger partial charge is 0.309 e. The van der Waals surface area contributed by atoms with Gasteiger partial charge in [-0.2, -0.15) is 0 Å². The Balaban J connectivity index is 1.16. The van der Waals surface area contributed by atoms with Crippen LogP contribution in [0.3, 0.4) is 0 Å². The van der Waals surface area contributed by atoms with Crippen molar-refractivity contribution in [2.45, 2.75) is 19.3 Å². The molecule has 11 aromatic rings. The molecule has 1 nitrogen and oxygen atoms in total. The second kappa shape index (κ2) is 12.7. The standard InChI is InChI=1S/C55H37NS2/c1-55(2)46-24-11-8-17-39(46)40-32-31-37(33-47(40)55)56(36-29-27-34(28-30-36)38-22-14-23-43-41-18-9-12-25-48(41)57-53(38)43)52-42-19-6-7-20-44(42)54-51(45-21-10-13-26-49(45)58-54)50(52)35-15-4-3-5-16-35/h3-33H,1-2H3. The fourth-order valence-corrected chi connectivity index (χ4v) is 12.2. The Hall–Kier alpha value is -6.52. The van der Waals surface area contributed by atoms with Crippen LogP contribution in [0.4, 0.5) is 17.1 Å². The van der Waals surface area contributed by atoms with Crippen molar-refractivity contribution in [3.05, 3.63) is 199 Å². The molecule has 1 aliphatic rings. The van der Waals surface area contributed by atoms with Crippen molar-refractivity contribution in [2.75, 3.05) is 4.90 Å². The second-order valence-electron chi connectivity index (χ2n) is 16.0. The highest BCUT2D eigenvalue weighted by Crippen LogP contribution is 2.55. The molecule has 0 amide bonds. The number of hydrogen-bond donors (Lipinski definition) is 0. The Bertz CT molecular complexity index is 3420. The third-order valence-electron chi connectivity index (χ3n) is 12.5. The predicted octanol–water partition coefficient (Wildman–Crippen LogP) is 16.7. The second-order valence-corrected chi connectivity index (χ2v) is 18.1. The first-order valence-electron chi connectivity index (χ1n) is 20.0. The van der Waals surface area contributed by atoms with Gasteiger partial charge in [0.25, 0.3) is 0 Å². The lowest BCUT2D eigenvalue weighted by molar-refractivity contribution is 0.660. The Morgan fingerprint density at radius 2 is 0.966 bits per heavy atom. The van der Waals surface area contributed by atoms with Gasteiger partial charge in [0, 0.05) is 73.5 Å². The zero-order valence-electron chi connectivity index (χ0n) is 32.2. The number of benzene rings is 9. The zero-order valence-corrected chi connectivity index (χ0v) is 33.8. The summed E-state index contributed by atoms with van der Waals surface area (Å²) < 4.78 is 5.30. The predicted molar refractivity (Wildman–Crippen MR) is 253 cm³/mol. The van der Waals surface area contributed by atoms with Crippen molar-refractivity contribution in [1.29, 1.82) is 0 Å². The first-order valence-corrected chi connectivity index (χ1v) is 21.6. The van der Waals surface area contributed by atoms with E-state index in [4.69, 9.17) is 0 Å². The molecule has 0 unspecified atom stereocenters. The van der Waals surface area contributed by atoms with E-state index in [2.05, 4.69) is 207 Å². The summed E-state index contributed by atoms with van der Waals surface area (Å²) in [6.45, 7) is 4.76. The van der Waals surface area contributed by atoms with Crippen molar-refractivity contribution in [2.24, 2.45) is 0 Å². The van der Waals surface area contributed by atoms with Gasteiger partial charge in [-0.05, 0) is 75.3 Å². The van der Waals surface area contributed by atoms with E-state index in [1.165, 1.54) is 101 Å². The normalized spacial score (nSPS) is 13.1. The molecule has 2 aromatic heterocycles. The maximum absolute atomic E-state index is 2.56. The number of rotatable bonds is 5. The first kappa shape index (κ1) is 33.6. The van der Waals surface area contributed by atoms with Crippen molar-refractivity contribution in [1.82, 2.24) is 0 Å². The molecule has 1 aliphatic carbocycles. The molecule has 0 saturated heterocycles. The minimum absolute atomic E-state index is 0.141. The molecule has 12 rings (SSSR count). The lowest BCUT2D eigenvalue weighted by Crippen LogP contribution is -2.17. The van der Waals surface area contributed by atoms with Gasteiger partial charge in [-0.3, -0.25) is 0 Å². The minimum Gasteiger partial charge on any atom is -0.309 e. The molecule has 58 heavy (non-hydrogen) atoms. The monoisotopic (exact) mass is 775 g/mol. The SMILES string of the molecule is CC1(C)c2ccccc2-c2ccc(N(c3ccc(-c4cccc5c4sc4ccccc45)cc3)c3c(-c4ccccc4)c4c5ccccc5sc4c4ccccc34)cc21. The van der Waals surface area contributed by atoms with E-state index < -0.39 is 0 Å². The molecule has 0 saturated carbocycles. The zero-order chi connectivity index (χ0) is 38.5. The highest BCUT2D eigenvalue weighted by molar-refractivity contribution is 7.27. The molecule has 0 fully saturated rings. The summed E-state index contributed by atoms with van der Waals surface area (Å²) >= 11 is 3.79. The van der Waals surface area contributed by atoms with Gasteiger partial charge < -0.3 is 4.90 Å². The van der Waals surface area contributed by atoms with Crippen LogP contribution in [0.2, 0.25) is 0 Å². The van der Waals surface area contributed by atoms with Gasteiger partial charge in [-0.25, -0.2) is 0 Å². The van der Waals surface area contributed by atoms with Crippen LogP contribution in [-0.2, 0) is 5.41 Å². The van der Waals surface area contributed by atoms with E-state index in [1.807, 2.05) is 22.7 Å². The fourth-order valence-electron chi connectivity index (χ4n) is 9.75. The van der Waals surface area contributed by atoms with Crippen LogP contribution in [0, 0.1) is 0 Å². The highest BCUT2D eigenvalue weighted by atomic mass is 32.1.